The topological polar surface area (TPSA) is 120 Å². The standard InChI is InChI=1S/C23H32N6O3/c1-31-11-12-32-22-27-20(24)19-21(28-22)29(23(30)26-19)15-18-9-7-17(8-10-18)14-25-13-16-5-3-2-4-6-16/h7-10,16,25H,2-6,11-15H2,1H3,(H,26,30)(H2,24,27,28). The molecular weight excluding hydrogens is 408 g/mol. The second-order valence-corrected chi connectivity index (χ2v) is 8.40. The van der Waals surface area contributed by atoms with Gasteiger partial charge in [0.15, 0.2) is 11.5 Å². The number of anilines is 1. The van der Waals surface area contributed by atoms with Crippen LogP contribution in [-0.4, -0.2) is 46.4 Å². The maximum atomic E-state index is 12.5. The van der Waals surface area contributed by atoms with Crippen molar-refractivity contribution in [2.75, 3.05) is 32.6 Å². The molecular formula is C23H32N6O3. The van der Waals surface area contributed by atoms with E-state index >= 15 is 0 Å². The van der Waals surface area contributed by atoms with Crippen molar-refractivity contribution in [2.45, 2.75) is 45.2 Å². The van der Waals surface area contributed by atoms with Crippen LogP contribution in [0.1, 0.15) is 43.2 Å². The molecule has 4 N–H and O–H groups in total. The first-order valence-electron chi connectivity index (χ1n) is 11.3. The Morgan fingerprint density at radius 2 is 1.88 bits per heavy atom. The predicted molar refractivity (Wildman–Crippen MR) is 124 cm³/mol. The molecule has 32 heavy (non-hydrogen) atoms. The van der Waals surface area contributed by atoms with Gasteiger partial charge in [-0.1, -0.05) is 43.5 Å². The van der Waals surface area contributed by atoms with E-state index in [0.29, 0.717) is 30.9 Å². The van der Waals surface area contributed by atoms with Crippen molar-refractivity contribution in [3.8, 4) is 6.01 Å². The number of rotatable bonds is 10. The quantitative estimate of drug-likeness (QED) is 0.414. The van der Waals surface area contributed by atoms with Gasteiger partial charge in [-0.2, -0.15) is 9.97 Å². The molecule has 3 aromatic rings. The fourth-order valence-corrected chi connectivity index (χ4v) is 4.22. The molecule has 0 bridgehead atoms. The number of aromatic amines is 1. The Balaban J connectivity index is 1.42. The molecule has 0 aliphatic heterocycles. The summed E-state index contributed by atoms with van der Waals surface area (Å²) >= 11 is 0. The Kier molecular flexibility index (Phi) is 7.39. The van der Waals surface area contributed by atoms with Gasteiger partial charge in [0.2, 0.25) is 0 Å². The van der Waals surface area contributed by atoms with Crippen LogP contribution in [0.3, 0.4) is 0 Å². The molecule has 0 unspecified atom stereocenters. The SMILES string of the molecule is COCCOc1nc(N)c2[nH]c(=O)n(Cc3ccc(CNCC4CCCCC4)cc3)c2n1. The van der Waals surface area contributed by atoms with Gasteiger partial charge in [-0.25, -0.2) is 4.79 Å². The number of imidazole rings is 1. The number of nitrogens with one attached hydrogen (secondary N) is 2. The molecule has 4 rings (SSSR count). The summed E-state index contributed by atoms with van der Waals surface area (Å²) in [6.45, 7) is 3.02. The van der Waals surface area contributed by atoms with Gasteiger partial charge in [0.05, 0.1) is 13.2 Å². The molecule has 0 radical (unpaired) electrons. The van der Waals surface area contributed by atoms with Crippen molar-refractivity contribution in [3.63, 3.8) is 0 Å². The highest BCUT2D eigenvalue weighted by atomic mass is 16.5. The van der Waals surface area contributed by atoms with Crippen LogP contribution in [0.4, 0.5) is 5.82 Å². The molecule has 1 saturated carbocycles. The highest BCUT2D eigenvalue weighted by Gasteiger charge is 2.15. The van der Waals surface area contributed by atoms with E-state index in [-0.39, 0.29) is 17.5 Å². The fourth-order valence-electron chi connectivity index (χ4n) is 4.22. The fraction of sp³-hybridized carbons (Fsp3) is 0.522. The molecule has 0 atom stereocenters. The van der Waals surface area contributed by atoms with Crippen LogP contribution >= 0.6 is 0 Å². The molecule has 1 fully saturated rings. The first-order valence-corrected chi connectivity index (χ1v) is 11.3. The van der Waals surface area contributed by atoms with Crippen LogP contribution in [0.2, 0.25) is 0 Å². The van der Waals surface area contributed by atoms with Crippen molar-refractivity contribution in [3.05, 3.63) is 45.9 Å². The van der Waals surface area contributed by atoms with E-state index in [1.165, 1.54) is 37.7 Å². The minimum atomic E-state index is -0.284. The number of benzene rings is 1. The third-order valence-corrected chi connectivity index (χ3v) is 6.00. The average Bonchev–Trinajstić information content (AvgIpc) is 3.12. The van der Waals surface area contributed by atoms with Crippen LogP contribution in [0.25, 0.3) is 11.2 Å². The van der Waals surface area contributed by atoms with Crippen LogP contribution in [0.15, 0.2) is 29.1 Å². The van der Waals surface area contributed by atoms with Crippen molar-refractivity contribution < 1.29 is 9.47 Å². The summed E-state index contributed by atoms with van der Waals surface area (Å²) in [4.78, 5) is 23.8. The molecule has 2 heterocycles. The zero-order chi connectivity index (χ0) is 22.3. The predicted octanol–water partition coefficient (Wildman–Crippen LogP) is 2.45. The summed E-state index contributed by atoms with van der Waals surface area (Å²) in [6.07, 6.45) is 6.81. The lowest BCUT2D eigenvalue weighted by molar-refractivity contribution is 0.141. The number of methoxy groups -OCH3 is 1. The number of hydrogen-bond acceptors (Lipinski definition) is 7. The second kappa shape index (κ2) is 10.6. The third-order valence-electron chi connectivity index (χ3n) is 6.00. The van der Waals surface area contributed by atoms with Gasteiger partial charge < -0.3 is 25.5 Å². The molecule has 1 aliphatic rings. The van der Waals surface area contributed by atoms with Crippen LogP contribution in [0.5, 0.6) is 6.01 Å². The first-order chi connectivity index (χ1) is 15.6. The van der Waals surface area contributed by atoms with Gasteiger partial charge in [0.1, 0.15) is 12.1 Å². The highest BCUT2D eigenvalue weighted by Crippen LogP contribution is 2.23. The minimum absolute atomic E-state index is 0.124. The van der Waals surface area contributed by atoms with E-state index in [1.54, 1.807) is 11.7 Å². The summed E-state index contributed by atoms with van der Waals surface area (Å²) in [5.74, 6) is 0.993. The molecule has 1 aromatic carbocycles. The first kappa shape index (κ1) is 22.3. The normalized spacial score (nSPS) is 14.8. The van der Waals surface area contributed by atoms with Gasteiger partial charge in [0, 0.05) is 13.7 Å². The minimum Gasteiger partial charge on any atom is -0.461 e. The lowest BCUT2D eigenvalue weighted by Crippen LogP contribution is -2.24. The number of nitrogen functional groups attached to an aromatic ring is 1. The largest absolute Gasteiger partial charge is 0.461 e. The summed E-state index contributed by atoms with van der Waals surface area (Å²) in [5.41, 5.74) is 8.79. The van der Waals surface area contributed by atoms with Gasteiger partial charge in [0.25, 0.3) is 0 Å². The summed E-state index contributed by atoms with van der Waals surface area (Å²) in [6, 6.07) is 8.42. The van der Waals surface area contributed by atoms with Crippen molar-refractivity contribution in [1.82, 2.24) is 24.8 Å². The Hall–Kier alpha value is -2.91. The van der Waals surface area contributed by atoms with E-state index in [1.807, 2.05) is 12.1 Å². The summed E-state index contributed by atoms with van der Waals surface area (Å²) < 4.78 is 12.0. The van der Waals surface area contributed by atoms with Crippen molar-refractivity contribution >= 4 is 17.0 Å². The molecule has 9 heteroatoms. The zero-order valence-corrected chi connectivity index (χ0v) is 18.6. The number of H-pyrrole nitrogens is 1. The van der Waals surface area contributed by atoms with Crippen LogP contribution in [0, 0.1) is 5.92 Å². The van der Waals surface area contributed by atoms with Crippen molar-refractivity contribution in [2.24, 2.45) is 5.92 Å². The monoisotopic (exact) mass is 440 g/mol. The molecule has 0 saturated heterocycles. The number of nitrogens with zero attached hydrogens (tertiary/aromatic N) is 3. The number of ether oxygens (including phenoxy) is 2. The Morgan fingerprint density at radius 1 is 1.12 bits per heavy atom. The maximum absolute atomic E-state index is 12.5. The van der Waals surface area contributed by atoms with Crippen LogP contribution < -0.4 is 21.5 Å². The number of nitrogens with two attached hydrogens (primary N) is 1. The maximum Gasteiger partial charge on any atom is 0.328 e. The Bertz CT molecular complexity index is 1070. The Morgan fingerprint density at radius 3 is 2.62 bits per heavy atom. The molecule has 9 nitrogen and oxygen atoms in total. The van der Waals surface area contributed by atoms with Gasteiger partial charge in [-0.15, -0.1) is 0 Å². The smallest absolute Gasteiger partial charge is 0.328 e. The van der Waals surface area contributed by atoms with Gasteiger partial charge >= 0.3 is 11.7 Å². The lowest BCUT2D eigenvalue weighted by atomic mass is 9.89. The molecule has 0 spiro atoms. The number of fused-ring (bicyclic) bond motifs is 1. The van der Waals surface area contributed by atoms with E-state index in [2.05, 4.69) is 32.4 Å². The van der Waals surface area contributed by atoms with Gasteiger partial charge in [-0.3, -0.25) is 4.57 Å². The Labute approximate surface area is 187 Å². The van der Waals surface area contributed by atoms with E-state index in [9.17, 15) is 4.79 Å². The van der Waals surface area contributed by atoms with Crippen molar-refractivity contribution in [1.29, 1.82) is 0 Å². The highest BCUT2D eigenvalue weighted by molar-refractivity contribution is 5.81. The van der Waals surface area contributed by atoms with E-state index < -0.39 is 0 Å². The zero-order valence-electron chi connectivity index (χ0n) is 18.6. The number of hydrogen-bond donors (Lipinski definition) is 3. The van der Waals surface area contributed by atoms with Crippen LogP contribution in [-0.2, 0) is 17.8 Å². The second-order valence-electron chi connectivity index (χ2n) is 8.40. The number of aromatic nitrogens is 4. The van der Waals surface area contributed by atoms with E-state index in [0.717, 1.165) is 24.6 Å². The van der Waals surface area contributed by atoms with Gasteiger partial charge in [-0.05, 0) is 36.4 Å². The molecule has 2 aromatic heterocycles. The third kappa shape index (κ3) is 5.46. The summed E-state index contributed by atoms with van der Waals surface area (Å²) in [5, 5.41) is 3.59. The van der Waals surface area contributed by atoms with E-state index in [4.69, 9.17) is 15.2 Å². The average molecular weight is 441 g/mol. The molecule has 1 aliphatic carbocycles. The molecule has 0 amide bonds. The lowest BCUT2D eigenvalue weighted by Gasteiger charge is -2.21. The summed E-state index contributed by atoms with van der Waals surface area (Å²) in [7, 11) is 1.59. The molecule has 172 valence electrons.